The van der Waals surface area contributed by atoms with E-state index in [2.05, 4.69) is 4.52 Å². The lowest BCUT2D eigenvalue weighted by Gasteiger charge is -2.05. The van der Waals surface area contributed by atoms with Gasteiger partial charge in [-0.1, -0.05) is 12.1 Å². The first-order valence-corrected chi connectivity index (χ1v) is 4.54. The Morgan fingerprint density at radius 3 is 2.75 bits per heavy atom. The highest BCUT2D eigenvalue weighted by molar-refractivity contribution is 7.39. The molecule has 0 unspecified atom stereocenters. The fourth-order valence-electron chi connectivity index (χ4n) is 0.824. The van der Waals surface area contributed by atoms with Crippen LogP contribution in [-0.2, 0) is 6.54 Å². The molecule has 0 radical (unpaired) electrons. The summed E-state index contributed by atoms with van der Waals surface area (Å²) in [4.78, 5) is 17.1. The van der Waals surface area contributed by atoms with Crippen LogP contribution in [0.3, 0.4) is 0 Å². The molecule has 4 N–H and O–H groups in total. The van der Waals surface area contributed by atoms with Gasteiger partial charge in [0.05, 0.1) is 0 Å². The summed E-state index contributed by atoms with van der Waals surface area (Å²) >= 11 is 0. The van der Waals surface area contributed by atoms with E-state index in [0.29, 0.717) is 12.3 Å². The summed E-state index contributed by atoms with van der Waals surface area (Å²) < 4.78 is 4.68. The predicted octanol–water partition coefficient (Wildman–Crippen LogP) is 0.736. The summed E-state index contributed by atoms with van der Waals surface area (Å²) in [6, 6.07) is 6.89. The Bertz CT molecular complexity index is 254. The molecule has 0 amide bonds. The van der Waals surface area contributed by atoms with E-state index >= 15 is 0 Å². The molecule has 0 spiro atoms. The van der Waals surface area contributed by atoms with Crippen molar-refractivity contribution in [2.45, 2.75) is 6.54 Å². The Morgan fingerprint density at radius 1 is 1.42 bits per heavy atom. The lowest BCUT2D eigenvalue weighted by molar-refractivity contribution is 0.375. The molecule has 0 aromatic heterocycles. The zero-order valence-electron chi connectivity index (χ0n) is 6.34. The summed E-state index contributed by atoms with van der Waals surface area (Å²) in [6.45, 7) is 0.409. The minimum atomic E-state index is -2.33. The van der Waals surface area contributed by atoms with E-state index in [9.17, 15) is 0 Å². The molecule has 0 heterocycles. The third-order valence-electron chi connectivity index (χ3n) is 1.32. The van der Waals surface area contributed by atoms with Gasteiger partial charge in [-0.3, -0.25) is 0 Å². The molecule has 0 fully saturated rings. The Hall–Kier alpha value is -0.670. The number of hydrogen-bond acceptors (Lipinski definition) is 4. The Kier molecular flexibility index (Phi) is 3.44. The van der Waals surface area contributed by atoms with E-state index in [1.165, 1.54) is 0 Å². The molecular formula is C7H10NO3P. The van der Waals surface area contributed by atoms with Crippen LogP contribution in [0.5, 0.6) is 5.75 Å². The van der Waals surface area contributed by atoms with Gasteiger partial charge < -0.3 is 20.0 Å². The van der Waals surface area contributed by atoms with Gasteiger partial charge in [0.2, 0.25) is 0 Å². The first kappa shape index (κ1) is 9.42. The van der Waals surface area contributed by atoms with Crippen LogP contribution >= 0.6 is 8.60 Å². The van der Waals surface area contributed by atoms with Crippen LogP contribution in [0.25, 0.3) is 0 Å². The third kappa shape index (κ3) is 2.75. The second-order valence-corrected chi connectivity index (χ2v) is 2.88. The lowest BCUT2D eigenvalue weighted by Crippen LogP contribution is -1.96. The Morgan fingerprint density at radius 2 is 2.17 bits per heavy atom. The van der Waals surface area contributed by atoms with Gasteiger partial charge in [0.1, 0.15) is 5.75 Å². The van der Waals surface area contributed by atoms with Gasteiger partial charge in [-0.05, 0) is 17.7 Å². The molecule has 0 aliphatic rings. The van der Waals surface area contributed by atoms with E-state index in [0.717, 1.165) is 5.56 Å². The topological polar surface area (TPSA) is 75.7 Å². The summed E-state index contributed by atoms with van der Waals surface area (Å²) in [6.07, 6.45) is 0. The van der Waals surface area contributed by atoms with Gasteiger partial charge in [0, 0.05) is 6.54 Å². The maximum Gasteiger partial charge on any atom is 0.391 e. The maximum atomic E-state index is 8.54. The van der Waals surface area contributed by atoms with Crippen LogP contribution in [-0.4, -0.2) is 9.79 Å². The monoisotopic (exact) mass is 187 g/mol. The summed E-state index contributed by atoms with van der Waals surface area (Å²) in [7, 11) is -2.33. The van der Waals surface area contributed by atoms with Crippen molar-refractivity contribution in [1.82, 2.24) is 0 Å². The van der Waals surface area contributed by atoms with Crippen LogP contribution in [0, 0.1) is 0 Å². The molecule has 0 atom stereocenters. The smallest absolute Gasteiger partial charge is 0.391 e. The van der Waals surface area contributed by atoms with Gasteiger partial charge in [-0.2, -0.15) is 0 Å². The van der Waals surface area contributed by atoms with Crippen LogP contribution < -0.4 is 10.3 Å². The summed E-state index contributed by atoms with van der Waals surface area (Å²) in [5, 5.41) is 0. The number of rotatable bonds is 3. The highest BCUT2D eigenvalue weighted by Gasteiger charge is 2.01. The molecule has 0 saturated heterocycles. The highest BCUT2D eigenvalue weighted by Crippen LogP contribution is 2.28. The number of hydrogen-bond donors (Lipinski definition) is 3. The standard InChI is InChI=1S/C7H10NO3P/c8-5-6-2-1-3-7(4-6)11-12(9)10/h1-4,9-10H,5,8H2. The number of nitrogens with two attached hydrogens (primary N) is 1. The van der Waals surface area contributed by atoms with Crippen LogP contribution in [0.1, 0.15) is 5.56 Å². The number of benzene rings is 1. The molecule has 12 heavy (non-hydrogen) atoms. The minimum absolute atomic E-state index is 0.409. The van der Waals surface area contributed by atoms with Crippen molar-refractivity contribution in [1.29, 1.82) is 0 Å². The van der Waals surface area contributed by atoms with E-state index in [-0.39, 0.29) is 0 Å². The van der Waals surface area contributed by atoms with Crippen LogP contribution in [0.15, 0.2) is 24.3 Å². The van der Waals surface area contributed by atoms with Crippen molar-refractivity contribution in [3.05, 3.63) is 29.8 Å². The first-order chi connectivity index (χ1) is 5.72. The zero-order chi connectivity index (χ0) is 8.97. The van der Waals surface area contributed by atoms with Gasteiger partial charge in [0.25, 0.3) is 0 Å². The molecule has 0 aliphatic heterocycles. The maximum absolute atomic E-state index is 8.54. The highest BCUT2D eigenvalue weighted by atomic mass is 31.2. The Balaban J connectivity index is 2.72. The first-order valence-electron chi connectivity index (χ1n) is 3.37. The SMILES string of the molecule is NCc1cccc(OP(O)O)c1. The zero-order valence-corrected chi connectivity index (χ0v) is 7.24. The van der Waals surface area contributed by atoms with Crippen molar-refractivity contribution in [2.75, 3.05) is 0 Å². The normalized spacial score (nSPS) is 10.3. The fourth-order valence-corrected chi connectivity index (χ4v) is 1.13. The van der Waals surface area contributed by atoms with E-state index in [4.69, 9.17) is 15.5 Å². The lowest BCUT2D eigenvalue weighted by atomic mass is 10.2. The largest absolute Gasteiger partial charge is 0.427 e. The summed E-state index contributed by atoms with van der Waals surface area (Å²) in [5.41, 5.74) is 6.27. The van der Waals surface area contributed by atoms with Gasteiger partial charge in [0.15, 0.2) is 0 Å². The van der Waals surface area contributed by atoms with E-state index < -0.39 is 8.60 Å². The van der Waals surface area contributed by atoms with Crippen molar-refractivity contribution >= 4 is 8.60 Å². The Labute approximate surface area is 71.6 Å². The predicted molar refractivity (Wildman–Crippen MR) is 46.3 cm³/mol. The third-order valence-corrected chi connectivity index (χ3v) is 1.70. The molecule has 1 aromatic rings. The molecular weight excluding hydrogens is 177 g/mol. The van der Waals surface area contributed by atoms with Crippen molar-refractivity contribution in [2.24, 2.45) is 5.73 Å². The molecule has 0 bridgehead atoms. The second kappa shape index (κ2) is 4.38. The fraction of sp³-hybridized carbons (Fsp3) is 0.143. The van der Waals surface area contributed by atoms with Crippen LogP contribution in [0.2, 0.25) is 0 Å². The molecule has 66 valence electrons. The molecule has 5 heteroatoms. The van der Waals surface area contributed by atoms with E-state index in [1.807, 2.05) is 6.07 Å². The van der Waals surface area contributed by atoms with Gasteiger partial charge in [-0.25, -0.2) is 0 Å². The molecule has 4 nitrogen and oxygen atoms in total. The molecule has 0 saturated carbocycles. The van der Waals surface area contributed by atoms with Crippen molar-refractivity contribution < 1.29 is 14.3 Å². The molecule has 1 rings (SSSR count). The van der Waals surface area contributed by atoms with Crippen molar-refractivity contribution in [3.8, 4) is 5.75 Å². The van der Waals surface area contributed by atoms with Crippen LogP contribution in [0.4, 0.5) is 0 Å². The van der Waals surface area contributed by atoms with Gasteiger partial charge >= 0.3 is 8.60 Å². The summed E-state index contributed by atoms with van der Waals surface area (Å²) in [5.74, 6) is 0.425. The average Bonchev–Trinajstić information content (AvgIpc) is 2.03. The van der Waals surface area contributed by atoms with Gasteiger partial charge in [-0.15, -0.1) is 0 Å². The van der Waals surface area contributed by atoms with E-state index in [1.54, 1.807) is 18.2 Å². The minimum Gasteiger partial charge on any atom is -0.427 e. The average molecular weight is 187 g/mol. The van der Waals surface area contributed by atoms with Crippen molar-refractivity contribution in [3.63, 3.8) is 0 Å². The molecule has 1 aromatic carbocycles. The molecule has 0 aliphatic carbocycles. The second-order valence-electron chi connectivity index (χ2n) is 2.20. The quantitative estimate of drug-likeness (QED) is 0.610.